The number of carbonyl (C=O) groups is 1. The Hall–Kier alpha value is -1.33. The predicted molar refractivity (Wildman–Crippen MR) is 76.5 cm³/mol. The van der Waals surface area contributed by atoms with Gasteiger partial charge in [0, 0.05) is 10.0 Å². The van der Waals surface area contributed by atoms with E-state index in [-0.39, 0.29) is 12.5 Å². The fourth-order valence-corrected chi connectivity index (χ4v) is 2.00. The summed E-state index contributed by atoms with van der Waals surface area (Å²) in [5.74, 6) is 0.891. The molecule has 4 nitrogen and oxygen atoms in total. The van der Waals surface area contributed by atoms with Crippen LogP contribution in [-0.4, -0.2) is 19.1 Å². The fourth-order valence-electron chi connectivity index (χ4n) is 1.62. The van der Waals surface area contributed by atoms with Gasteiger partial charge in [-0.3, -0.25) is 9.63 Å². The smallest absolute Gasteiger partial charge is 0.274 e. The first-order valence-electron chi connectivity index (χ1n) is 6.11. The molecule has 5 heteroatoms. The van der Waals surface area contributed by atoms with Crippen molar-refractivity contribution in [1.82, 2.24) is 5.48 Å². The summed E-state index contributed by atoms with van der Waals surface area (Å²) in [5, 5.41) is 0. The minimum atomic E-state index is -0.258. The van der Waals surface area contributed by atoms with E-state index >= 15 is 0 Å². The third kappa shape index (κ3) is 3.81. The Bertz CT molecular complexity index is 511. The first-order chi connectivity index (χ1) is 9.06. The molecular weight excluding hydrogens is 310 g/mol. The first-order valence-corrected chi connectivity index (χ1v) is 6.90. The Morgan fingerprint density at radius 1 is 1.53 bits per heavy atom. The van der Waals surface area contributed by atoms with Crippen molar-refractivity contribution >= 4 is 27.9 Å². The van der Waals surface area contributed by atoms with Gasteiger partial charge in [-0.1, -0.05) is 29.8 Å². The van der Waals surface area contributed by atoms with Crippen molar-refractivity contribution in [2.75, 3.05) is 13.2 Å². The van der Waals surface area contributed by atoms with Crippen molar-refractivity contribution in [2.45, 2.75) is 13.8 Å². The zero-order chi connectivity index (χ0) is 13.8. The van der Waals surface area contributed by atoms with Gasteiger partial charge in [-0.05, 0) is 30.2 Å². The van der Waals surface area contributed by atoms with E-state index < -0.39 is 0 Å². The molecule has 1 aromatic rings. The number of hydrogen-bond donors (Lipinski definition) is 1. The number of hydrogen-bond acceptors (Lipinski definition) is 3. The molecule has 1 aliphatic rings. The predicted octanol–water partition coefficient (Wildman–Crippen LogP) is 2.93. The summed E-state index contributed by atoms with van der Waals surface area (Å²) in [6.07, 6.45) is 1.82. The van der Waals surface area contributed by atoms with Crippen LogP contribution in [0.1, 0.15) is 19.4 Å². The summed E-state index contributed by atoms with van der Waals surface area (Å²) in [6.45, 7) is 4.78. The second kappa shape index (κ2) is 6.21. The number of hydroxylamine groups is 1. The van der Waals surface area contributed by atoms with Crippen LogP contribution in [0.3, 0.4) is 0 Å². The number of ether oxygens (including phenoxy) is 1. The second-order valence-electron chi connectivity index (χ2n) is 4.78. The van der Waals surface area contributed by atoms with Crippen molar-refractivity contribution in [3.05, 3.63) is 33.8 Å². The van der Waals surface area contributed by atoms with Crippen LogP contribution in [0.15, 0.2) is 28.2 Å². The average Bonchev–Trinajstić information content (AvgIpc) is 2.37. The maximum absolute atomic E-state index is 11.9. The highest BCUT2D eigenvalue weighted by molar-refractivity contribution is 9.10. The Kier molecular flexibility index (Phi) is 4.61. The second-order valence-corrected chi connectivity index (χ2v) is 5.69. The van der Waals surface area contributed by atoms with Crippen LogP contribution in [-0.2, 0) is 9.63 Å². The summed E-state index contributed by atoms with van der Waals surface area (Å²) in [6, 6.07) is 5.69. The van der Waals surface area contributed by atoms with Crippen molar-refractivity contribution in [3.63, 3.8) is 0 Å². The van der Waals surface area contributed by atoms with Gasteiger partial charge in [-0.25, -0.2) is 5.48 Å². The molecule has 1 amide bonds. The Labute approximate surface area is 120 Å². The van der Waals surface area contributed by atoms with Gasteiger partial charge in [-0.15, -0.1) is 0 Å². The lowest BCUT2D eigenvalue weighted by Gasteiger charge is -2.18. The number of rotatable bonds is 4. The third-order valence-electron chi connectivity index (χ3n) is 2.56. The van der Waals surface area contributed by atoms with Crippen molar-refractivity contribution in [3.8, 4) is 5.75 Å². The van der Waals surface area contributed by atoms with E-state index in [9.17, 15) is 4.79 Å². The molecule has 102 valence electrons. The molecule has 1 aliphatic heterocycles. The largest absolute Gasteiger partial charge is 0.488 e. The Morgan fingerprint density at radius 2 is 2.32 bits per heavy atom. The van der Waals surface area contributed by atoms with Crippen molar-refractivity contribution < 1.29 is 14.4 Å². The highest BCUT2D eigenvalue weighted by Crippen LogP contribution is 2.29. The van der Waals surface area contributed by atoms with Crippen LogP contribution in [0.4, 0.5) is 0 Å². The fraction of sp³-hybridized carbons (Fsp3) is 0.357. The number of carbonyl (C=O) groups excluding carboxylic acids is 1. The van der Waals surface area contributed by atoms with Gasteiger partial charge in [0.1, 0.15) is 12.4 Å². The van der Waals surface area contributed by atoms with Gasteiger partial charge < -0.3 is 4.74 Å². The minimum absolute atomic E-state index is 0.255. The molecule has 1 heterocycles. The molecule has 1 N–H and O–H groups in total. The van der Waals surface area contributed by atoms with Gasteiger partial charge in [0.05, 0.1) is 12.2 Å². The van der Waals surface area contributed by atoms with Crippen LogP contribution < -0.4 is 10.2 Å². The maximum atomic E-state index is 11.9. The maximum Gasteiger partial charge on any atom is 0.274 e. The molecule has 0 fully saturated rings. The average molecular weight is 326 g/mol. The van der Waals surface area contributed by atoms with Gasteiger partial charge in [-0.2, -0.15) is 0 Å². The van der Waals surface area contributed by atoms with E-state index in [0.29, 0.717) is 18.1 Å². The lowest BCUT2D eigenvalue weighted by molar-refractivity contribution is -0.130. The standard InChI is InChI=1S/C14H16BrNO3/c1-9(2)7-19-16-14(17)11-5-10-6-12(15)3-4-13(10)18-8-11/h3-6,9H,7-8H2,1-2H3,(H,16,17). The summed E-state index contributed by atoms with van der Waals surface area (Å²) >= 11 is 3.40. The Balaban J connectivity index is 2.03. The normalized spacial score (nSPS) is 13.6. The molecule has 0 aromatic heterocycles. The number of benzene rings is 1. The third-order valence-corrected chi connectivity index (χ3v) is 3.05. The molecule has 0 bridgehead atoms. The zero-order valence-electron chi connectivity index (χ0n) is 10.9. The van der Waals surface area contributed by atoms with E-state index in [0.717, 1.165) is 15.8 Å². The highest BCUT2D eigenvalue weighted by Gasteiger charge is 2.17. The van der Waals surface area contributed by atoms with Gasteiger partial charge >= 0.3 is 0 Å². The van der Waals surface area contributed by atoms with Crippen molar-refractivity contribution in [1.29, 1.82) is 0 Å². The van der Waals surface area contributed by atoms with E-state index in [1.54, 1.807) is 0 Å². The molecule has 1 aromatic carbocycles. The molecule has 0 spiro atoms. The molecule has 2 rings (SSSR count). The topological polar surface area (TPSA) is 47.6 Å². The SMILES string of the molecule is CC(C)CONC(=O)C1=Cc2cc(Br)ccc2OC1. The van der Waals surface area contributed by atoms with Gasteiger partial charge in [0.25, 0.3) is 5.91 Å². The van der Waals surface area contributed by atoms with E-state index in [4.69, 9.17) is 9.57 Å². The van der Waals surface area contributed by atoms with E-state index in [1.807, 2.05) is 38.1 Å². The summed E-state index contributed by atoms with van der Waals surface area (Å²) < 4.78 is 6.48. The molecule has 0 saturated carbocycles. The van der Waals surface area contributed by atoms with Gasteiger partial charge in [0.15, 0.2) is 0 Å². The zero-order valence-corrected chi connectivity index (χ0v) is 12.5. The lowest BCUT2D eigenvalue weighted by Crippen LogP contribution is -2.30. The van der Waals surface area contributed by atoms with Crippen LogP contribution in [0.2, 0.25) is 0 Å². The summed E-state index contributed by atoms with van der Waals surface area (Å²) in [7, 11) is 0. The monoisotopic (exact) mass is 325 g/mol. The van der Waals surface area contributed by atoms with Crippen LogP contribution in [0, 0.1) is 5.92 Å². The van der Waals surface area contributed by atoms with Crippen LogP contribution in [0.25, 0.3) is 6.08 Å². The summed E-state index contributed by atoms with van der Waals surface area (Å²) in [5.41, 5.74) is 3.86. The molecular formula is C14H16BrNO3. The van der Waals surface area contributed by atoms with E-state index in [1.165, 1.54) is 0 Å². The molecule has 0 radical (unpaired) electrons. The Morgan fingerprint density at radius 3 is 3.05 bits per heavy atom. The highest BCUT2D eigenvalue weighted by atomic mass is 79.9. The van der Waals surface area contributed by atoms with Crippen LogP contribution in [0.5, 0.6) is 5.75 Å². The minimum Gasteiger partial charge on any atom is -0.488 e. The molecule has 19 heavy (non-hydrogen) atoms. The lowest BCUT2D eigenvalue weighted by atomic mass is 10.1. The molecule has 0 unspecified atom stereocenters. The number of fused-ring (bicyclic) bond motifs is 1. The quantitative estimate of drug-likeness (QED) is 0.866. The molecule has 0 aliphatic carbocycles. The molecule has 0 atom stereocenters. The van der Waals surface area contributed by atoms with Crippen molar-refractivity contribution in [2.24, 2.45) is 5.92 Å². The number of amides is 1. The number of nitrogens with one attached hydrogen (secondary N) is 1. The van der Waals surface area contributed by atoms with Gasteiger partial charge in [0.2, 0.25) is 0 Å². The van der Waals surface area contributed by atoms with Crippen LogP contribution >= 0.6 is 15.9 Å². The molecule has 0 saturated heterocycles. The summed E-state index contributed by atoms with van der Waals surface area (Å²) in [4.78, 5) is 17.0. The number of halogens is 1. The first kappa shape index (κ1) is 14.1. The van der Waals surface area contributed by atoms with E-state index in [2.05, 4.69) is 21.4 Å².